The molecule has 0 saturated carbocycles. The van der Waals surface area contributed by atoms with Gasteiger partial charge in [-0.1, -0.05) is 6.92 Å². The number of hydrogen-bond acceptors (Lipinski definition) is 4. The van der Waals surface area contributed by atoms with E-state index in [0.717, 1.165) is 0 Å². The van der Waals surface area contributed by atoms with Gasteiger partial charge in [-0.15, -0.1) is 0 Å². The summed E-state index contributed by atoms with van der Waals surface area (Å²) in [6, 6.07) is 3.28. The van der Waals surface area contributed by atoms with Crippen molar-refractivity contribution in [2.75, 3.05) is 32.0 Å². The molecular formula is C14H19F3N2O2. The molecule has 0 spiro atoms. The van der Waals surface area contributed by atoms with Gasteiger partial charge in [-0.3, -0.25) is 4.90 Å². The van der Waals surface area contributed by atoms with Crippen LogP contribution in [0.25, 0.3) is 0 Å². The van der Waals surface area contributed by atoms with Gasteiger partial charge >= 0.3 is 6.18 Å². The Kier molecular flexibility index (Phi) is 4.82. The Labute approximate surface area is 121 Å². The molecule has 21 heavy (non-hydrogen) atoms. The summed E-state index contributed by atoms with van der Waals surface area (Å²) < 4.78 is 48.6. The monoisotopic (exact) mass is 304 g/mol. The summed E-state index contributed by atoms with van der Waals surface area (Å²) in [5.74, 6) is 1.08. The minimum absolute atomic E-state index is 0.135. The molecule has 7 heteroatoms. The van der Waals surface area contributed by atoms with Gasteiger partial charge in [-0.25, -0.2) is 0 Å². The molecule has 1 heterocycles. The van der Waals surface area contributed by atoms with E-state index in [-0.39, 0.29) is 6.54 Å². The fourth-order valence-electron chi connectivity index (χ4n) is 2.31. The minimum Gasteiger partial charge on any atom is -0.486 e. The van der Waals surface area contributed by atoms with Crippen molar-refractivity contribution in [1.29, 1.82) is 0 Å². The van der Waals surface area contributed by atoms with Crippen molar-refractivity contribution >= 4 is 5.69 Å². The van der Waals surface area contributed by atoms with Gasteiger partial charge in [0.15, 0.2) is 11.5 Å². The molecule has 0 radical (unpaired) electrons. The summed E-state index contributed by atoms with van der Waals surface area (Å²) in [5.41, 5.74) is 6.95. The predicted molar refractivity (Wildman–Crippen MR) is 73.5 cm³/mol. The zero-order valence-electron chi connectivity index (χ0n) is 11.9. The van der Waals surface area contributed by atoms with E-state index in [4.69, 9.17) is 15.2 Å². The van der Waals surface area contributed by atoms with Crippen molar-refractivity contribution in [2.45, 2.75) is 26.1 Å². The largest absolute Gasteiger partial charge is 0.486 e. The molecule has 2 rings (SSSR count). The Morgan fingerprint density at radius 1 is 1.19 bits per heavy atom. The molecule has 1 aliphatic rings. The zero-order valence-corrected chi connectivity index (χ0v) is 11.9. The second kappa shape index (κ2) is 6.43. The lowest BCUT2D eigenvalue weighted by molar-refractivity contribution is -0.147. The van der Waals surface area contributed by atoms with Crippen LogP contribution >= 0.6 is 0 Å². The third kappa shape index (κ3) is 4.42. The minimum atomic E-state index is -4.22. The number of nitrogens with zero attached hydrogens (tertiary/aromatic N) is 1. The van der Waals surface area contributed by atoms with Gasteiger partial charge in [-0.05, 0) is 24.6 Å². The summed E-state index contributed by atoms with van der Waals surface area (Å²) in [5, 5.41) is 0. The quantitative estimate of drug-likeness (QED) is 0.850. The van der Waals surface area contributed by atoms with Gasteiger partial charge in [0.25, 0.3) is 0 Å². The Morgan fingerprint density at radius 2 is 1.81 bits per heavy atom. The lowest BCUT2D eigenvalue weighted by Crippen LogP contribution is -2.34. The third-order valence-electron chi connectivity index (χ3n) is 3.14. The van der Waals surface area contributed by atoms with Gasteiger partial charge in [0, 0.05) is 18.3 Å². The van der Waals surface area contributed by atoms with Crippen molar-refractivity contribution in [3.63, 3.8) is 0 Å². The van der Waals surface area contributed by atoms with Gasteiger partial charge in [0.2, 0.25) is 0 Å². The smallest absolute Gasteiger partial charge is 0.401 e. The number of anilines is 1. The van der Waals surface area contributed by atoms with E-state index in [0.29, 0.717) is 48.9 Å². The van der Waals surface area contributed by atoms with Crippen molar-refractivity contribution in [3.8, 4) is 11.5 Å². The highest BCUT2D eigenvalue weighted by Crippen LogP contribution is 2.35. The predicted octanol–water partition coefficient (Wildman–Crippen LogP) is 2.81. The van der Waals surface area contributed by atoms with Crippen LogP contribution in [0.5, 0.6) is 11.5 Å². The standard InChI is InChI=1S/C14H19F3N2O2/c1-2-3-19(9-14(15,16)17)8-10-6-12-13(7-11(10)18)21-5-4-20-12/h6-7H,2-5,8-9,18H2,1H3. The Morgan fingerprint density at radius 3 is 2.38 bits per heavy atom. The average molecular weight is 304 g/mol. The van der Waals surface area contributed by atoms with Gasteiger partial charge in [-0.2, -0.15) is 13.2 Å². The van der Waals surface area contributed by atoms with Crippen LogP contribution in [0.1, 0.15) is 18.9 Å². The van der Waals surface area contributed by atoms with Gasteiger partial charge in [0.1, 0.15) is 13.2 Å². The second-order valence-electron chi connectivity index (χ2n) is 5.02. The summed E-state index contributed by atoms with van der Waals surface area (Å²) in [4.78, 5) is 1.34. The molecule has 1 aromatic rings. The summed E-state index contributed by atoms with van der Waals surface area (Å²) in [6.07, 6.45) is -3.59. The number of rotatable bonds is 5. The third-order valence-corrected chi connectivity index (χ3v) is 3.14. The number of fused-ring (bicyclic) bond motifs is 1. The van der Waals surface area contributed by atoms with E-state index in [1.54, 1.807) is 12.1 Å². The second-order valence-corrected chi connectivity index (χ2v) is 5.02. The van der Waals surface area contributed by atoms with Crippen molar-refractivity contribution < 1.29 is 22.6 Å². The average Bonchev–Trinajstić information content (AvgIpc) is 2.38. The normalized spacial score (nSPS) is 14.5. The summed E-state index contributed by atoms with van der Waals surface area (Å²) in [6.45, 7) is 2.26. The van der Waals surface area contributed by atoms with Gasteiger partial charge in [0.05, 0.1) is 6.54 Å². The molecule has 0 bridgehead atoms. The van der Waals surface area contributed by atoms with E-state index in [2.05, 4.69) is 0 Å². The van der Waals surface area contributed by atoms with Crippen LogP contribution in [0.4, 0.5) is 18.9 Å². The number of nitrogens with two attached hydrogens (primary N) is 1. The Balaban J connectivity index is 2.16. The number of benzene rings is 1. The molecule has 2 N–H and O–H groups in total. The molecule has 0 unspecified atom stereocenters. The summed E-state index contributed by atoms with van der Waals surface area (Å²) in [7, 11) is 0. The van der Waals surface area contributed by atoms with Crippen LogP contribution < -0.4 is 15.2 Å². The molecule has 0 amide bonds. The van der Waals surface area contributed by atoms with Gasteiger partial charge < -0.3 is 15.2 Å². The first-order valence-corrected chi connectivity index (χ1v) is 6.86. The molecule has 0 saturated heterocycles. The first kappa shape index (κ1) is 15.8. The number of halogens is 3. The molecule has 1 aromatic carbocycles. The van der Waals surface area contributed by atoms with Crippen LogP contribution in [-0.4, -0.2) is 37.4 Å². The zero-order chi connectivity index (χ0) is 15.5. The highest BCUT2D eigenvalue weighted by molar-refractivity contribution is 5.58. The number of alkyl halides is 3. The van der Waals surface area contributed by atoms with Crippen molar-refractivity contribution in [3.05, 3.63) is 17.7 Å². The number of nitrogen functional groups attached to an aromatic ring is 1. The van der Waals surface area contributed by atoms with Crippen molar-refractivity contribution in [1.82, 2.24) is 4.90 Å². The SMILES string of the molecule is CCCN(Cc1cc2c(cc1N)OCCO2)CC(F)(F)F. The highest BCUT2D eigenvalue weighted by Gasteiger charge is 2.30. The molecule has 0 aliphatic carbocycles. The van der Waals surface area contributed by atoms with Crippen LogP contribution in [0.15, 0.2) is 12.1 Å². The molecule has 118 valence electrons. The van der Waals surface area contributed by atoms with E-state index in [1.165, 1.54) is 4.90 Å². The topological polar surface area (TPSA) is 47.7 Å². The highest BCUT2D eigenvalue weighted by atomic mass is 19.4. The molecule has 4 nitrogen and oxygen atoms in total. The van der Waals surface area contributed by atoms with E-state index >= 15 is 0 Å². The maximum absolute atomic E-state index is 12.6. The van der Waals surface area contributed by atoms with E-state index in [1.807, 2.05) is 6.92 Å². The van der Waals surface area contributed by atoms with Crippen LogP contribution in [0.2, 0.25) is 0 Å². The Hall–Kier alpha value is -1.63. The van der Waals surface area contributed by atoms with E-state index < -0.39 is 12.7 Å². The van der Waals surface area contributed by atoms with Crippen LogP contribution in [-0.2, 0) is 6.54 Å². The molecule has 0 atom stereocenters. The molecule has 1 aliphatic heterocycles. The first-order valence-electron chi connectivity index (χ1n) is 6.86. The maximum atomic E-state index is 12.6. The first-order chi connectivity index (χ1) is 9.89. The fourth-order valence-corrected chi connectivity index (χ4v) is 2.31. The molecular weight excluding hydrogens is 285 g/mol. The van der Waals surface area contributed by atoms with Crippen LogP contribution in [0.3, 0.4) is 0 Å². The summed E-state index contributed by atoms with van der Waals surface area (Å²) >= 11 is 0. The maximum Gasteiger partial charge on any atom is 0.401 e. The Bertz CT molecular complexity index is 492. The van der Waals surface area contributed by atoms with Crippen LogP contribution in [0, 0.1) is 0 Å². The number of hydrogen-bond donors (Lipinski definition) is 1. The lowest BCUT2D eigenvalue weighted by Gasteiger charge is -2.25. The molecule has 0 fully saturated rings. The number of ether oxygens (including phenoxy) is 2. The van der Waals surface area contributed by atoms with E-state index in [9.17, 15) is 13.2 Å². The lowest BCUT2D eigenvalue weighted by atomic mass is 10.1. The molecule has 0 aromatic heterocycles. The fraction of sp³-hybridized carbons (Fsp3) is 0.571. The van der Waals surface area contributed by atoms with Crippen molar-refractivity contribution in [2.24, 2.45) is 0 Å².